The largest absolute Gasteiger partial charge is 0.480 e. The lowest BCUT2D eigenvalue weighted by atomic mass is 10.0. The molecule has 0 aliphatic heterocycles. The molecule has 1 aliphatic rings. The molecule has 0 atom stereocenters. The van der Waals surface area contributed by atoms with Gasteiger partial charge >= 0.3 is 12.0 Å². The normalized spacial score (nSPS) is 15.5. The molecule has 0 aromatic rings. The number of aliphatic carboxylic acids is 1. The van der Waals surface area contributed by atoms with Gasteiger partial charge in [0, 0.05) is 19.1 Å². The molecule has 110 valence electrons. The molecule has 0 aromatic carbocycles. The molecule has 1 saturated carbocycles. The number of rotatable bonds is 6. The maximum absolute atomic E-state index is 12.6. The molecule has 0 saturated heterocycles. The van der Waals surface area contributed by atoms with Crippen LogP contribution in [-0.2, 0) is 4.79 Å². The van der Waals surface area contributed by atoms with Crippen LogP contribution in [0.2, 0.25) is 0 Å². The quantitative estimate of drug-likeness (QED) is 0.806. The minimum atomic E-state index is -1.17. The van der Waals surface area contributed by atoms with Gasteiger partial charge in [-0.1, -0.05) is 13.8 Å². The number of urea groups is 1. The van der Waals surface area contributed by atoms with Gasteiger partial charge in [-0.3, -0.25) is 0 Å². The molecular formula is C14H26N2O3. The number of carboxylic acid groups (broad SMARTS) is 1. The van der Waals surface area contributed by atoms with E-state index in [0.717, 1.165) is 12.8 Å². The number of hydrogen-bond acceptors (Lipinski definition) is 2. The van der Waals surface area contributed by atoms with Crippen molar-refractivity contribution in [1.82, 2.24) is 9.80 Å². The molecular weight excluding hydrogens is 244 g/mol. The molecule has 0 unspecified atom stereocenters. The summed E-state index contributed by atoms with van der Waals surface area (Å²) in [6.45, 7) is 10.2. The Labute approximate surface area is 115 Å². The number of nitrogens with zero attached hydrogens (tertiary/aromatic N) is 2. The highest BCUT2D eigenvalue weighted by molar-refractivity contribution is 5.85. The Balaban J connectivity index is 2.89. The fourth-order valence-corrected chi connectivity index (χ4v) is 2.20. The Morgan fingerprint density at radius 2 is 1.84 bits per heavy atom. The van der Waals surface area contributed by atoms with Gasteiger partial charge in [0.15, 0.2) is 0 Å². The van der Waals surface area contributed by atoms with Crippen LogP contribution in [0.25, 0.3) is 0 Å². The predicted molar refractivity (Wildman–Crippen MR) is 74.1 cm³/mol. The number of hydrogen-bond donors (Lipinski definition) is 1. The average molecular weight is 270 g/mol. The molecule has 1 aliphatic carbocycles. The molecule has 5 nitrogen and oxygen atoms in total. The minimum Gasteiger partial charge on any atom is -0.480 e. The van der Waals surface area contributed by atoms with E-state index in [2.05, 4.69) is 13.8 Å². The molecule has 1 fully saturated rings. The highest BCUT2D eigenvalue weighted by Gasteiger charge is 2.42. The van der Waals surface area contributed by atoms with E-state index in [1.54, 1.807) is 13.8 Å². The zero-order chi connectivity index (χ0) is 14.8. The van der Waals surface area contributed by atoms with E-state index < -0.39 is 11.5 Å². The Morgan fingerprint density at radius 1 is 1.32 bits per heavy atom. The summed E-state index contributed by atoms with van der Waals surface area (Å²) in [4.78, 5) is 27.3. The van der Waals surface area contributed by atoms with Crippen molar-refractivity contribution < 1.29 is 14.7 Å². The summed E-state index contributed by atoms with van der Waals surface area (Å²) in [5.74, 6) is -0.584. The molecule has 0 spiro atoms. The van der Waals surface area contributed by atoms with Gasteiger partial charge < -0.3 is 14.9 Å². The molecule has 0 radical (unpaired) electrons. The van der Waals surface area contributed by atoms with Crippen LogP contribution >= 0.6 is 0 Å². The summed E-state index contributed by atoms with van der Waals surface area (Å²) in [7, 11) is 0. The lowest BCUT2D eigenvalue weighted by Crippen LogP contribution is -2.57. The zero-order valence-electron chi connectivity index (χ0n) is 12.6. The van der Waals surface area contributed by atoms with E-state index in [-0.39, 0.29) is 6.03 Å². The predicted octanol–water partition coefficient (Wildman–Crippen LogP) is 2.41. The number of carbonyl (C=O) groups excluding carboxylic acids is 1. The SMILES string of the molecule is CCN(C(=O)N(CC(C)C)C1CC1)C(C)(C)C(=O)O. The van der Waals surface area contributed by atoms with E-state index in [9.17, 15) is 14.7 Å². The molecule has 2 amide bonds. The lowest BCUT2D eigenvalue weighted by molar-refractivity contribution is -0.147. The van der Waals surface area contributed by atoms with Crippen molar-refractivity contribution in [3.05, 3.63) is 0 Å². The van der Waals surface area contributed by atoms with Crippen LogP contribution in [0.1, 0.15) is 47.5 Å². The topological polar surface area (TPSA) is 60.9 Å². The summed E-state index contributed by atoms with van der Waals surface area (Å²) in [6, 6.07) is 0.152. The van der Waals surface area contributed by atoms with Gasteiger partial charge in [-0.2, -0.15) is 0 Å². The van der Waals surface area contributed by atoms with Crippen molar-refractivity contribution >= 4 is 12.0 Å². The van der Waals surface area contributed by atoms with Gasteiger partial charge in [-0.15, -0.1) is 0 Å². The van der Waals surface area contributed by atoms with Gasteiger partial charge in [0.2, 0.25) is 0 Å². The smallest absolute Gasteiger partial charge is 0.329 e. The van der Waals surface area contributed by atoms with Crippen LogP contribution in [-0.4, -0.2) is 51.6 Å². The van der Waals surface area contributed by atoms with Crippen LogP contribution in [0, 0.1) is 5.92 Å². The molecule has 1 N–H and O–H groups in total. The summed E-state index contributed by atoms with van der Waals surface area (Å²) in [5.41, 5.74) is -1.17. The number of carboxylic acids is 1. The molecule has 19 heavy (non-hydrogen) atoms. The first-order chi connectivity index (χ1) is 8.71. The van der Waals surface area contributed by atoms with E-state index in [4.69, 9.17) is 0 Å². The number of amides is 2. The van der Waals surface area contributed by atoms with E-state index in [0.29, 0.717) is 25.0 Å². The molecule has 5 heteroatoms. The molecule has 0 heterocycles. The van der Waals surface area contributed by atoms with Crippen LogP contribution in [0.4, 0.5) is 4.79 Å². The first-order valence-electron chi connectivity index (χ1n) is 7.03. The Hall–Kier alpha value is -1.26. The van der Waals surface area contributed by atoms with Crippen molar-refractivity contribution in [2.24, 2.45) is 5.92 Å². The maximum Gasteiger partial charge on any atom is 0.329 e. The third-order valence-corrected chi connectivity index (χ3v) is 3.54. The minimum absolute atomic E-state index is 0.147. The van der Waals surface area contributed by atoms with Gasteiger partial charge in [0.05, 0.1) is 0 Å². The standard InChI is InChI=1S/C14H26N2O3/c1-6-16(14(4,5)12(17)18)13(19)15(9-10(2)3)11-7-8-11/h10-11H,6-9H2,1-5H3,(H,17,18). The molecule has 0 aromatic heterocycles. The second-order valence-corrected chi connectivity index (χ2v) is 6.17. The average Bonchev–Trinajstić information content (AvgIpc) is 3.09. The monoisotopic (exact) mass is 270 g/mol. The Kier molecular flexibility index (Phi) is 4.82. The summed E-state index contributed by atoms with van der Waals surface area (Å²) < 4.78 is 0. The third kappa shape index (κ3) is 3.61. The van der Waals surface area contributed by atoms with Crippen molar-refractivity contribution in [2.45, 2.75) is 59.0 Å². The summed E-state index contributed by atoms with van der Waals surface area (Å²) in [5, 5.41) is 9.30. The third-order valence-electron chi connectivity index (χ3n) is 3.54. The van der Waals surface area contributed by atoms with Crippen molar-refractivity contribution in [3.63, 3.8) is 0 Å². The zero-order valence-corrected chi connectivity index (χ0v) is 12.6. The van der Waals surface area contributed by atoms with Crippen molar-refractivity contribution in [1.29, 1.82) is 0 Å². The van der Waals surface area contributed by atoms with Crippen LogP contribution < -0.4 is 0 Å². The summed E-state index contributed by atoms with van der Waals surface area (Å²) in [6.07, 6.45) is 2.06. The lowest BCUT2D eigenvalue weighted by Gasteiger charge is -2.38. The van der Waals surface area contributed by atoms with Crippen LogP contribution in [0.3, 0.4) is 0 Å². The maximum atomic E-state index is 12.6. The van der Waals surface area contributed by atoms with Gasteiger partial charge in [0.1, 0.15) is 5.54 Å². The fraction of sp³-hybridized carbons (Fsp3) is 0.857. The Morgan fingerprint density at radius 3 is 2.16 bits per heavy atom. The highest BCUT2D eigenvalue weighted by atomic mass is 16.4. The van der Waals surface area contributed by atoms with Crippen molar-refractivity contribution in [2.75, 3.05) is 13.1 Å². The second-order valence-electron chi connectivity index (χ2n) is 6.17. The first-order valence-corrected chi connectivity index (χ1v) is 7.03. The number of carbonyl (C=O) groups is 2. The van der Waals surface area contributed by atoms with Gasteiger partial charge in [0.25, 0.3) is 0 Å². The van der Waals surface area contributed by atoms with Crippen LogP contribution in [0.15, 0.2) is 0 Å². The fourth-order valence-electron chi connectivity index (χ4n) is 2.20. The van der Waals surface area contributed by atoms with E-state index >= 15 is 0 Å². The van der Waals surface area contributed by atoms with Gasteiger partial charge in [-0.05, 0) is 39.5 Å². The van der Waals surface area contributed by atoms with Crippen molar-refractivity contribution in [3.8, 4) is 0 Å². The second kappa shape index (κ2) is 5.80. The Bertz CT molecular complexity index is 349. The first kappa shape index (κ1) is 15.8. The van der Waals surface area contributed by atoms with Crippen LogP contribution in [0.5, 0.6) is 0 Å². The molecule has 1 rings (SSSR count). The highest BCUT2D eigenvalue weighted by Crippen LogP contribution is 2.30. The van der Waals surface area contributed by atoms with Gasteiger partial charge in [-0.25, -0.2) is 9.59 Å². The molecule has 0 bridgehead atoms. The van der Waals surface area contributed by atoms with E-state index in [1.807, 2.05) is 11.8 Å². The van der Waals surface area contributed by atoms with E-state index in [1.165, 1.54) is 4.90 Å². The number of likely N-dealkylation sites (N-methyl/N-ethyl adjacent to an activating group) is 1. The summed E-state index contributed by atoms with van der Waals surface area (Å²) >= 11 is 0.